The van der Waals surface area contributed by atoms with E-state index in [0.29, 0.717) is 0 Å². The molecule has 102 valence electrons. The van der Waals surface area contributed by atoms with Gasteiger partial charge in [-0.3, -0.25) is 4.79 Å². The zero-order valence-corrected chi connectivity index (χ0v) is 12.2. The molecule has 3 heteroatoms. The molecule has 0 saturated heterocycles. The lowest BCUT2D eigenvalue weighted by Gasteiger charge is -2.06. The van der Waals surface area contributed by atoms with Gasteiger partial charge in [0.1, 0.15) is 0 Å². The average Bonchev–Trinajstić information content (AvgIpc) is 2.46. The average molecular weight is 283 g/mol. The van der Waals surface area contributed by atoms with Gasteiger partial charge in [-0.05, 0) is 29.8 Å². The molecule has 0 spiro atoms. The first kappa shape index (κ1) is 14.4. The number of carbonyl (C=O) groups is 1. The minimum Gasteiger partial charge on any atom is -0.356 e. The maximum atomic E-state index is 10.8. The Balaban J connectivity index is 1.91. The second-order valence-corrected chi connectivity index (χ2v) is 5.51. The van der Waals surface area contributed by atoms with Crippen LogP contribution in [0.5, 0.6) is 0 Å². The SMILES string of the molecule is CC(=O)SCC=Cc1ccc(Nc2ccccc2)cc1. The number of thioether (sulfide) groups is 1. The van der Waals surface area contributed by atoms with Crippen molar-refractivity contribution in [3.63, 3.8) is 0 Å². The molecule has 20 heavy (non-hydrogen) atoms. The van der Waals surface area contributed by atoms with E-state index < -0.39 is 0 Å². The molecule has 0 atom stereocenters. The lowest BCUT2D eigenvalue weighted by molar-refractivity contribution is -0.109. The van der Waals surface area contributed by atoms with E-state index in [1.807, 2.05) is 54.6 Å². The van der Waals surface area contributed by atoms with Crippen LogP contribution < -0.4 is 5.32 Å². The third-order valence-electron chi connectivity index (χ3n) is 2.67. The van der Waals surface area contributed by atoms with E-state index in [2.05, 4.69) is 17.4 Å². The summed E-state index contributed by atoms with van der Waals surface area (Å²) < 4.78 is 0. The highest BCUT2D eigenvalue weighted by Crippen LogP contribution is 2.17. The zero-order valence-electron chi connectivity index (χ0n) is 11.4. The number of anilines is 2. The molecular weight excluding hydrogens is 266 g/mol. The van der Waals surface area contributed by atoms with Gasteiger partial charge < -0.3 is 5.32 Å². The molecule has 0 aliphatic carbocycles. The van der Waals surface area contributed by atoms with Gasteiger partial charge in [-0.15, -0.1) is 0 Å². The van der Waals surface area contributed by atoms with Gasteiger partial charge in [0.15, 0.2) is 5.12 Å². The Morgan fingerprint density at radius 1 is 1.05 bits per heavy atom. The summed E-state index contributed by atoms with van der Waals surface area (Å²) in [5, 5.41) is 3.49. The van der Waals surface area contributed by atoms with Crippen molar-refractivity contribution < 1.29 is 4.79 Å². The van der Waals surface area contributed by atoms with Gasteiger partial charge >= 0.3 is 0 Å². The summed E-state index contributed by atoms with van der Waals surface area (Å²) in [5.41, 5.74) is 3.27. The zero-order chi connectivity index (χ0) is 14.2. The molecule has 0 fully saturated rings. The monoisotopic (exact) mass is 283 g/mol. The Kier molecular flexibility index (Phi) is 5.44. The lowest BCUT2D eigenvalue weighted by atomic mass is 10.2. The van der Waals surface area contributed by atoms with Crippen LogP contribution in [0.25, 0.3) is 6.08 Å². The molecule has 0 saturated carbocycles. The van der Waals surface area contributed by atoms with Crippen molar-refractivity contribution in [3.05, 3.63) is 66.2 Å². The second-order valence-electron chi connectivity index (χ2n) is 4.32. The van der Waals surface area contributed by atoms with Crippen molar-refractivity contribution >= 4 is 34.3 Å². The van der Waals surface area contributed by atoms with E-state index in [9.17, 15) is 4.79 Å². The molecule has 2 aromatic carbocycles. The van der Waals surface area contributed by atoms with E-state index in [0.717, 1.165) is 22.7 Å². The van der Waals surface area contributed by atoms with Gasteiger partial charge in [0.25, 0.3) is 0 Å². The highest BCUT2D eigenvalue weighted by molar-refractivity contribution is 8.13. The van der Waals surface area contributed by atoms with Crippen molar-refractivity contribution in [2.45, 2.75) is 6.92 Å². The molecule has 0 aliphatic rings. The molecule has 2 aromatic rings. The van der Waals surface area contributed by atoms with Crippen LogP contribution in [0.3, 0.4) is 0 Å². The van der Waals surface area contributed by atoms with Crippen LogP contribution >= 0.6 is 11.8 Å². The second kappa shape index (κ2) is 7.56. The standard InChI is InChI=1S/C17H17NOS/c1-14(19)20-13-5-6-15-9-11-17(12-10-15)18-16-7-3-2-4-8-16/h2-12,18H,13H2,1H3. The molecule has 0 aromatic heterocycles. The number of rotatable bonds is 5. The van der Waals surface area contributed by atoms with Crippen LogP contribution in [0.2, 0.25) is 0 Å². The number of para-hydroxylation sites is 1. The molecule has 2 rings (SSSR count). The molecule has 0 heterocycles. The lowest BCUT2D eigenvalue weighted by Crippen LogP contribution is -1.89. The summed E-state index contributed by atoms with van der Waals surface area (Å²) in [5.74, 6) is 0.722. The van der Waals surface area contributed by atoms with E-state index in [1.54, 1.807) is 6.92 Å². The van der Waals surface area contributed by atoms with E-state index in [1.165, 1.54) is 11.8 Å². The number of hydrogen-bond acceptors (Lipinski definition) is 3. The predicted molar refractivity (Wildman–Crippen MR) is 88.3 cm³/mol. The van der Waals surface area contributed by atoms with Crippen LogP contribution in [-0.2, 0) is 4.79 Å². The van der Waals surface area contributed by atoms with Gasteiger partial charge in [-0.1, -0.05) is 54.2 Å². The molecule has 2 nitrogen and oxygen atoms in total. The van der Waals surface area contributed by atoms with Crippen LogP contribution in [0, 0.1) is 0 Å². The topological polar surface area (TPSA) is 29.1 Å². The highest BCUT2D eigenvalue weighted by Gasteiger charge is 1.94. The molecular formula is C17H17NOS. The van der Waals surface area contributed by atoms with Crippen molar-refractivity contribution in [1.82, 2.24) is 0 Å². The Bertz CT molecular complexity index is 576. The Morgan fingerprint density at radius 3 is 2.35 bits per heavy atom. The molecule has 0 aliphatic heterocycles. The van der Waals surface area contributed by atoms with Gasteiger partial charge in [-0.2, -0.15) is 0 Å². The summed E-state index contributed by atoms with van der Waals surface area (Å²) in [7, 11) is 0. The highest BCUT2D eigenvalue weighted by atomic mass is 32.2. The van der Waals surface area contributed by atoms with Crippen LogP contribution in [0.1, 0.15) is 12.5 Å². The third kappa shape index (κ3) is 4.94. The van der Waals surface area contributed by atoms with Crippen molar-refractivity contribution in [2.24, 2.45) is 0 Å². The molecule has 0 amide bonds. The van der Waals surface area contributed by atoms with Gasteiger partial charge in [-0.25, -0.2) is 0 Å². The van der Waals surface area contributed by atoms with Crippen molar-refractivity contribution in [2.75, 3.05) is 11.1 Å². The first-order valence-electron chi connectivity index (χ1n) is 6.46. The molecule has 0 radical (unpaired) electrons. The van der Waals surface area contributed by atoms with Crippen molar-refractivity contribution in [1.29, 1.82) is 0 Å². The summed E-state index contributed by atoms with van der Waals surface area (Å²) in [6.45, 7) is 1.59. The van der Waals surface area contributed by atoms with Gasteiger partial charge in [0.2, 0.25) is 0 Å². The first-order valence-corrected chi connectivity index (χ1v) is 7.44. The number of carbonyl (C=O) groups excluding carboxylic acids is 1. The summed E-state index contributed by atoms with van der Waals surface area (Å²) in [6, 6.07) is 18.3. The fraction of sp³-hybridized carbons (Fsp3) is 0.118. The smallest absolute Gasteiger partial charge is 0.186 e. The minimum absolute atomic E-state index is 0.150. The molecule has 0 bridgehead atoms. The fourth-order valence-corrected chi connectivity index (χ4v) is 2.14. The summed E-state index contributed by atoms with van der Waals surface area (Å²) in [4.78, 5) is 10.8. The Morgan fingerprint density at radius 2 is 1.70 bits per heavy atom. The number of benzene rings is 2. The maximum absolute atomic E-state index is 10.8. The third-order valence-corrected chi connectivity index (χ3v) is 3.43. The maximum Gasteiger partial charge on any atom is 0.186 e. The van der Waals surface area contributed by atoms with Crippen molar-refractivity contribution in [3.8, 4) is 0 Å². The molecule has 0 unspecified atom stereocenters. The predicted octanol–water partition coefficient (Wildman–Crippen LogP) is 4.72. The number of nitrogens with one attached hydrogen (secondary N) is 1. The van der Waals surface area contributed by atoms with E-state index in [4.69, 9.17) is 0 Å². The largest absolute Gasteiger partial charge is 0.356 e. The Hall–Kier alpha value is -2.00. The van der Waals surface area contributed by atoms with Crippen LogP contribution in [0.15, 0.2) is 60.7 Å². The van der Waals surface area contributed by atoms with E-state index >= 15 is 0 Å². The normalized spacial score (nSPS) is 10.7. The quantitative estimate of drug-likeness (QED) is 0.860. The number of hydrogen-bond donors (Lipinski definition) is 1. The van der Waals surface area contributed by atoms with Crippen LogP contribution in [0.4, 0.5) is 11.4 Å². The van der Waals surface area contributed by atoms with Gasteiger partial charge in [0.05, 0.1) is 0 Å². The van der Waals surface area contributed by atoms with Gasteiger partial charge in [0, 0.05) is 24.1 Å². The fourth-order valence-electron chi connectivity index (χ4n) is 1.72. The molecule has 1 N–H and O–H groups in total. The van der Waals surface area contributed by atoms with E-state index in [-0.39, 0.29) is 5.12 Å². The summed E-state index contributed by atoms with van der Waals surface area (Å²) >= 11 is 1.32. The minimum atomic E-state index is 0.150. The first-order chi connectivity index (χ1) is 9.74. The Labute approximate surface area is 123 Å². The summed E-state index contributed by atoms with van der Waals surface area (Å²) in [6.07, 6.45) is 4.04. The van der Waals surface area contributed by atoms with Crippen LogP contribution in [-0.4, -0.2) is 10.9 Å².